The number of amides is 1. The second-order valence-corrected chi connectivity index (χ2v) is 5.18. The van der Waals surface area contributed by atoms with E-state index in [-0.39, 0.29) is 11.3 Å². The molecule has 0 fully saturated rings. The Bertz CT molecular complexity index is 475. The molecule has 2 rings (SSSR count). The number of rotatable bonds is 0. The third-order valence-corrected chi connectivity index (χ3v) is 3.47. The Morgan fingerprint density at radius 2 is 1.94 bits per heavy atom. The smallest absolute Gasteiger partial charge is 0.225 e. The highest BCUT2D eigenvalue weighted by Crippen LogP contribution is 2.42. The molecule has 1 aromatic carbocycles. The first-order valence-corrected chi connectivity index (χ1v) is 5.46. The van der Waals surface area contributed by atoms with E-state index in [0.717, 1.165) is 22.4 Å². The predicted molar refractivity (Wildman–Crippen MR) is 63.9 cm³/mol. The molecule has 3 heteroatoms. The summed E-state index contributed by atoms with van der Waals surface area (Å²) in [4.78, 5) is 11.6. The standard InChI is InChI=1S/C13H17NO2/c1-7-8(2)12-9(5-10(7)15)13(3,4)6-11(16)14-12/h5,15H,6H2,1-4H3,(H,14,16). The maximum Gasteiger partial charge on any atom is 0.225 e. The third kappa shape index (κ3) is 1.47. The van der Waals surface area contributed by atoms with Gasteiger partial charge in [0.15, 0.2) is 0 Å². The van der Waals surface area contributed by atoms with Gasteiger partial charge in [0.25, 0.3) is 0 Å². The van der Waals surface area contributed by atoms with Gasteiger partial charge in [-0.25, -0.2) is 0 Å². The van der Waals surface area contributed by atoms with Gasteiger partial charge in [-0.2, -0.15) is 0 Å². The van der Waals surface area contributed by atoms with Crippen molar-refractivity contribution in [2.45, 2.75) is 39.5 Å². The zero-order valence-corrected chi connectivity index (χ0v) is 10.1. The number of benzene rings is 1. The van der Waals surface area contributed by atoms with E-state index in [0.29, 0.717) is 12.2 Å². The number of carbonyl (C=O) groups is 1. The minimum absolute atomic E-state index is 0.0469. The number of fused-ring (bicyclic) bond motifs is 1. The van der Waals surface area contributed by atoms with E-state index in [9.17, 15) is 9.90 Å². The second-order valence-electron chi connectivity index (χ2n) is 5.18. The van der Waals surface area contributed by atoms with E-state index in [1.54, 1.807) is 6.07 Å². The number of hydrogen-bond donors (Lipinski definition) is 2. The van der Waals surface area contributed by atoms with Crippen LogP contribution in [0, 0.1) is 13.8 Å². The fraction of sp³-hybridized carbons (Fsp3) is 0.462. The minimum atomic E-state index is -0.215. The first-order chi connectivity index (χ1) is 7.33. The molecule has 1 aromatic rings. The van der Waals surface area contributed by atoms with Crippen LogP contribution in [-0.2, 0) is 10.2 Å². The number of hydrogen-bond acceptors (Lipinski definition) is 2. The molecule has 1 amide bonds. The van der Waals surface area contributed by atoms with Crippen molar-refractivity contribution in [3.63, 3.8) is 0 Å². The maximum atomic E-state index is 11.6. The SMILES string of the molecule is Cc1c(O)cc2c(c1C)NC(=O)CC2(C)C. The lowest BCUT2D eigenvalue weighted by Crippen LogP contribution is -2.33. The average molecular weight is 219 g/mol. The Hall–Kier alpha value is -1.51. The molecule has 0 aliphatic carbocycles. The average Bonchev–Trinajstić information content (AvgIpc) is 2.16. The van der Waals surface area contributed by atoms with Gasteiger partial charge in [0.1, 0.15) is 5.75 Å². The lowest BCUT2D eigenvalue weighted by Gasteiger charge is -2.33. The molecule has 0 radical (unpaired) electrons. The van der Waals surface area contributed by atoms with Gasteiger partial charge in [-0.05, 0) is 36.6 Å². The minimum Gasteiger partial charge on any atom is -0.508 e. The number of aromatic hydroxyl groups is 1. The van der Waals surface area contributed by atoms with Gasteiger partial charge < -0.3 is 10.4 Å². The van der Waals surface area contributed by atoms with Crippen molar-refractivity contribution in [3.05, 3.63) is 22.8 Å². The Morgan fingerprint density at radius 3 is 2.56 bits per heavy atom. The molecular weight excluding hydrogens is 202 g/mol. The van der Waals surface area contributed by atoms with Crippen LogP contribution in [0.15, 0.2) is 6.07 Å². The largest absolute Gasteiger partial charge is 0.508 e. The molecule has 0 bridgehead atoms. The summed E-state index contributed by atoms with van der Waals surface area (Å²) in [6, 6.07) is 1.77. The zero-order valence-electron chi connectivity index (χ0n) is 10.1. The van der Waals surface area contributed by atoms with E-state index >= 15 is 0 Å². The van der Waals surface area contributed by atoms with Crippen molar-refractivity contribution in [3.8, 4) is 5.75 Å². The highest BCUT2D eigenvalue weighted by molar-refractivity contribution is 5.96. The van der Waals surface area contributed by atoms with Crippen molar-refractivity contribution in [2.24, 2.45) is 0 Å². The summed E-state index contributed by atoms with van der Waals surface area (Å²) >= 11 is 0. The number of phenolic OH excluding ortho intramolecular Hbond substituents is 1. The molecule has 0 unspecified atom stereocenters. The topological polar surface area (TPSA) is 49.3 Å². The Balaban J connectivity index is 2.73. The molecule has 16 heavy (non-hydrogen) atoms. The quantitative estimate of drug-likeness (QED) is 0.659. The van der Waals surface area contributed by atoms with Crippen LogP contribution in [0.3, 0.4) is 0 Å². The van der Waals surface area contributed by atoms with Crippen LogP contribution in [0.4, 0.5) is 5.69 Å². The number of carbonyl (C=O) groups excluding carboxylic acids is 1. The van der Waals surface area contributed by atoms with Crippen LogP contribution >= 0.6 is 0 Å². The van der Waals surface area contributed by atoms with Crippen LogP contribution in [0.5, 0.6) is 5.75 Å². The third-order valence-electron chi connectivity index (χ3n) is 3.47. The molecule has 0 saturated carbocycles. The van der Waals surface area contributed by atoms with E-state index in [1.807, 2.05) is 27.7 Å². The lowest BCUT2D eigenvalue weighted by molar-refractivity contribution is -0.117. The van der Waals surface area contributed by atoms with Gasteiger partial charge in [-0.15, -0.1) is 0 Å². The van der Waals surface area contributed by atoms with Crippen LogP contribution in [0.2, 0.25) is 0 Å². The first kappa shape index (κ1) is 11.0. The van der Waals surface area contributed by atoms with Crippen molar-refractivity contribution >= 4 is 11.6 Å². The maximum absolute atomic E-state index is 11.6. The summed E-state index contributed by atoms with van der Waals surface area (Å²) in [5.41, 5.74) is 3.46. The molecule has 1 aliphatic rings. The molecule has 0 saturated heterocycles. The highest BCUT2D eigenvalue weighted by Gasteiger charge is 2.33. The summed E-state index contributed by atoms with van der Waals surface area (Å²) in [6.45, 7) is 7.84. The fourth-order valence-corrected chi connectivity index (χ4v) is 2.27. The summed E-state index contributed by atoms with van der Waals surface area (Å²) in [5, 5.41) is 12.7. The second kappa shape index (κ2) is 3.24. The summed E-state index contributed by atoms with van der Waals surface area (Å²) < 4.78 is 0. The normalized spacial score (nSPS) is 17.9. The van der Waals surface area contributed by atoms with Gasteiger partial charge in [0.05, 0.1) is 0 Å². The van der Waals surface area contributed by atoms with E-state index in [2.05, 4.69) is 5.32 Å². The van der Waals surface area contributed by atoms with Gasteiger partial charge in [0, 0.05) is 17.5 Å². The van der Waals surface area contributed by atoms with Crippen molar-refractivity contribution in [1.82, 2.24) is 0 Å². The van der Waals surface area contributed by atoms with Crippen LogP contribution in [-0.4, -0.2) is 11.0 Å². The van der Waals surface area contributed by atoms with Crippen LogP contribution < -0.4 is 5.32 Å². The van der Waals surface area contributed by atoms with E-state index < -0.39 is 0 Å². The Labute approximate surface area is 95.5 Å². The molecule has 0 spiro atoms. The molecular formula is C13H17NO2. The van der Waals surface area contributed by atoms with E-state index in [4.69, 9.17) is 0 Å². The molecule has 0 atom stereocenters. The summed E-state index contributed by atoms with van der Waals surface area (Å²) in [6.07, 6.45) is 0.460. The molecule has 2 N–H and O–H groups in total. The molecule has 1 heterocycles. The van der Waals surface area contributed by atoms with Gasteiger partial charge >= 0.3 is 0 Å². The summed E-state index contributed by atoms with van der Waals surface area (Å²) in [7, 11) is 0. The summed E-state index contributed by atoms with van der Waals surface area (Å²) in [5.74, 6) is 0.353. The number of anilines is 1. The van der Waals surface area contributed by atoms with Crippen LogP contribution in [0.1, 0.15) is 37.0 Å². The van der Waals surface area contributed by atoms with Crippen molar-refractivity contribution in [2.75, 3.05) is 5.32 Å². The van der Waals surface area contributed by atoms with Gasteiger partial charge in [-0.1, -0.05) is 13.8 Å². The molecule has 1 aliphatic heterocycles. The molecule has 0 aromatic heterocycles. The van der Waals surface area contributed by atoms with E-state index in [1.165, 1.54) is 0 Å². The fourth-order valence-electron chi connectivity index (χ4n) is 2.27. The number of nitrogens with one attached hydrogen (secondary N) is 1. The molecule has 3 nitrogen and oxygen atoms in total. The van der Waals surface area contributed by atoms with Gasteiger partial charge in [-0.3, -0.25) is 4.79 Å². The van der Waals surface area contributed by atoms with Crippen LogP contribution in [0.25, 0.3) is 0 Å². The zero-order chi connectivity index (χ0) is 12.1. The number of phenols is 1. The Kier molecular flexibility index (Phi) is 2.22. The highest BCUT2D eigenvalue weighted by atomic mass is 16.3. The lowest BCUT2D eigenvalue weighted by atomic mass is 9.76. The predicted octanol–water partition coefficient (Wildman–Crippen LogP) is 2.63. The van der Waals surface area contributed by atoms with Crippen molar-refractivity contribution in [1.29, 1.82) is 0 Å². The monoisotopic (exact) mass is 219 g/mol. The Morgan fingerprint density at radius 1 is 1.31 bits per heavy atom. The first-order valence-electron chi connectivity index (χ1n) is 5.46. The van der Waals surface area contributed by atoms with Gasteiger partial charge in [0.2, 0.25) is 5.91 Å². The molecule has 86 valence electrons. The van der Waals surface area contributed by atoms with Crippen molar-refractivity contribution < 1.29 is 9.90 Å².